The van der Waals surface area contributed by atoms with Crippen molar-refractivity contribution in [1.82, 2.24) is 4.57 Å². The Morgan fingerprint density at radius 3 is 2.45 bits per heavy atom. The number of rotatable bonds is 8. The zero-order chi connectivity index (χ0) is 21.0. The molecule has 29 heavy (non-hydrogen) atoms. The molecule has 0 aliphatic carbocycles. The number of carbonyl (C=O) groups excluding carboxylic acids is 1. The van der Waals surface area contributed by atoms with Crippen LogP contribution in [0.15, 0.2) is 48.5 Å². The Bertz CT molecular complexity index is 1030. The van der Waals surface area contributed by atoms with Crippen molar-refractivity contribution in [1.29, 1.82) is 0 Å². The van der Waals surface area contributed by atoms with E-state index in [0.717, 1.165) is 34.9 Å². The van der Waals surface area contributed by atoms with Crippen LogP contribution in [-0.4, -0.2) is 28.1 Å². The third kappa shape index (κ3) is 4.71. The number of aromatic nitrogens is 1. The maximum atomic E-state index is 11.4. The average molecular weight is 396 g/mol. The highest BCUT2D eigenvalue weighted by molar-refractivity contribution is 5.94. The zero-order valence-electron chi connectivity index (χ0n) is 15.9. The van der Waals surface area contributed by atoms with E-state index in [0.29, 0.717) is 18.9 Å². The summed E-state index contributed by atoms with van der Waals surface area (Å²) in [6.07, 6.45) is 1.57. The van der Waals surface area contributed by atoms with Crippen LogP contribution in [0.4, 0.5) is 16.3 Å². The van der Waals surface area contributed by atoms with Crippen LogP contribution in [0, 0.1) is 10.1 Å². The number of fused-ring (bicyclic) bond motifs is 1. The van der Waals surface area contributed by atoms with Gasteiger partial charge in [0.15, 0.2) is 0 Å². The first-order valence-corrected chi connectivity index (χ1v) is 9.29. The smallest absolute Gasteiger partial charge is 0.317 e. The SMILES string of the molecule is NCCCC(N)Cn1c(NC(N)=O)cc2ccc(-c3ccc([N+](=O)[O-])cc3)cc21. The van der Waals surface area contributed by atoms with Gasteiger partial charge < -0.3 is 21.8 Å². The molecule has 0 spiro atoms. The van der Waals surface area contributed by atoms with Crippen molar-refractivity contribution in [3.05, 3.63) is 58.6 Å². The van der Waals surface area contributed by atoms with Crippen molar-refractivity contribution >= 4 is 28.4 Å². The topological polar surface area (TPSA) is 155 Å². The van der Waals surface area contributed by atoms with Crippen LogP contribution in [0.1, 0.15) is 12.8 Å². The maximum absolute atomic E-state index is 11.4. The van der Waals surface area contributed by atoms with Gasteiger partial charge in [-0.1, -0.05) is 12.1 Å². The van der Waals surface area contributed by atoms with Crippen LogP contribution in [0.3, 0.4) is 0 Å². The molecule has 1 aromatic heterocycles. The molecule has 0 saturated heterocycles. The van der Waals surface area contributed by atoms with Gasteiger partial charge in [0.2, 0.25) is 0 Å². The Kier molecular flexibility index (Phi) is 6.10. The number of primary amides is 1. The van der Waals surface area contributed by atoms with E-state index >= 15 is 0 Å². The summed E-state index contributed by atoms with van der Waals surface area (Å²) in [6, 6.07) is 13.3. The Labute approximate surface area is 167 Å². The number of benzene rings is 2. The van der Waals surface area contributed by atoms with E-state index in [2.05, 4.69) is 5.32 Å². The molecule has 9 nitrogen and oxygen atoms in total. The fraction of sp³-hybridized carbons (Fsp3) is 0.250. The number of carbonyl (C=O) groups is 1. The molecule has 0 fully saturated rings. The Morgan fingerprint density at radius 1 is 1.14 bits per heavy atom. The highest BCUT2D eigenvalue weighted by Gasteiger charge is 2.14. The van der Waals surface area contributed by atoms with E-state index in [9.17, 15) is 14.9 Å². The zero-order valence-corrected chi connectivity index (χ0v) is 15.9. The van der Waals surface area contributed by atoms with E-state index < -0.39 is 11.0 Å². The molecule has 3 rings (SSSR count). The fourth-order valence-electron chi connectivity index (χ4n) is 3.34. The minimum Gasteiger partial charge on any atom is -0.351 e. The fourth-order valence-corrected chi connectivity index (χ4v) is 3.34. The highest BCUT2D eigenvalue weighted by Crippen LogP contribution is 2.30. The second kappa shape index (κ2) is 8.72. The minimum absolute atomic E-state index is 0.0389. The summed E-state index contributed by atoms with van der Waals surface area (Å²) in [5.41, 5.74) is 19.8. The largest absolute Gasteiger partial charge is 0.351 e. The van der Waals surface area contributed by atoms with Gasteiger partial charge in [-0.2, -0.15) is 0 Å². The van der Waals surface area contributed by atoms with Gasteiger partial charge in [0, 0.05) is 30.1 Å². The van der Waals surface area contributed by atoms with E-state index in [1.165, 1.54) is 12.1 Å². The van der Waals surface area contributed by atoms with Gasteiger partial charge in [0.05, 0.1) is 10.4 Å². The van der Waals surface area contributed by atoms with E-state index in [4.69, 9.17) is 17.2 Å². The van der Waals surface area contributed by atoms with Gasteiger partial charge in [-0.25, -0.2) is 4.79 Å². The number of nitro benzene ring substituents is 1. The van der Waals surface area contributed by atoms with Gasteiger partial charge >= 0.3 is 6.03 Å². The molecule has 3 aromatic rings. The summed E-state index contributed by atoms with van der Waals surface area (Å²) < 4.78 is 1.93. The minimum atomic E-state index is -0.653. The van der Waals surface area contributed by atoms with Crippen LogP contribution in [-0.2, 0) is 6.54 Å². The normalized spacial score (nSPS) is 12.1. The monoisotopic (exact) mass is 396 g/mol. The summed E-state index contributed by atoms with van der Waals surface area (Å²) in [6.45, 7) is 1.06. The highest BCUT2D eigenvalue weighted by atomic mass is 16.6. The van der Waals surface area contributed by atoms with Crippen molar-refractivity contribution in [3.63, 3.8) is 0 Å². The Balaban J connectivity index is 2.01. The standard InChI is InChI=1S/C20H24N6O3/c21-9-1-2-16(22)12-25-18-10-14(13-5-7-17(8-6-13)26(28)29)3-4-15(18)11-19(25)24-20(23)27/h3-8,10-11,16H,1-2,9,12,21-22H2,(H3,23,24,27). The van der Waals surface area contributed by atoms with Gasteiger partial charge in [-0.15, -0.1) is 0 Å². The van der Waals surface area contributed by atoms with Crippen molar-refractivity contribution in [2.45, 2.75) is 25.4 Å². The molecule has 0 aliphatic heterocycles. The number of nitro groups is 1. The number of anilines is 1. The Hall–Kier alpha value is -3.43. The number of non-ortho nitro benzene ring substituents is 1. The molecular formula is C20H24N6O3. The summed E-state index contributed by atoms with van der Waals surface area (Å²) in [4.78, 5) is 21.9. The molecule has 0 radical (unpaired) electrons. The number of nitrogens with one attached hydrogen (secondary N) is 1. The van der Waals surface area contributed by atoms with Crippen LogP contribution in [0.25, 0.3) is 22.0 Å². The summed E-state index contributed by atoms with van der Waals surface area (Å²) >= 11 is 0. The first kappa shape index (κ1) is 20.3. The number of nitrogens with zero attached hydrogens (tertiary/aromatic N) is 2. The lowest BCUT2D eigenvalue weighted by molar-refractivity contribution is -0.384. The van der Waals surface area contributed by atoms with Crippen molar-refractivity contribution in [2.75, 3.05) is 11.9 Å². The van der Waals surface area contributed by atoms with Gasteiger partial charge in [-0.3, -0.25) is 15.4 Å². The van der Waals surface area contributed by atoms with Crippen LogP contribution >= 0.6 is 0 Å². The van der Waals surface area contributed by atoms with E-state index in [1.807, 2.05) is 28.8 Å². The van der Waals surface area contributed by atoms with Gasteiger partial charge in [0.25, 0.3) is 5.69 Å². The number of hydrogen-bond donors (Lipinski definition) is 4. The average Bonchev–Trinajstić information content (AvgIpc) is 3.02. The summed E-state index contributed by atoms with van der Waals surface area (Å²) in [7, 11) is 0. The van der Waals surface area contributed by atoms with Crippen molar-refractivity contribution < 1.29 is 9.72 Å². The van der Waals surface area contributed by atoms with E-state index in [1.54, 1.807) is 12.1 Å². The predicted molar refractivity (Wildman–Crippen MR) is 113 cm³/mol. The molecule has 152 valence electrons. The number of nitrogens with two attached hydrogens (primary N) is 3. The van der Waals surface area contributed by atoms with Crippen LogP contribution in [0.2, 0.25) is 0 Å². The molecule has 1 heterocycles. The third-order valence-electron chi connectivity index (χ3n) is 4.76. The first-order valence-electron chi connectivity index (χ1n) is 9.29. The number of urea groups is 1. The Morgan fingerprint density at radius 2 is 1.83 bits per heavy atom. The molecule has 2 aromatic carbocycles. The van der Waals surface area contributed by atoms with Crippen molar-refractivity contribution in [3.8, 4) is 11.1 Å². The molecule has 9 heteroatoms. The molecule has 2 amide bonds. The molecule has 1 unspecified atom stereocenters. The van der Waals surface area contributed by atoms with Gasteiger partial charge in [0.1, 0.15) is 5.82 Å². The van der Waals surface area contributed by atoms with Crippen LogP contribution < -0.4 is 22.5 Å². The first-order chi connectivity index (χ1) is 13.9. The molecule has 0 bridgehead atoms. The second-order valence-electron chi connectivity index (χ2n) is 6.90. The van der Waals surface area contributed by atoms with Crippen molar-refractivity contribution in [2.24, 2.45) is 17.2 Å². The third-order valence-corrected chi connectivity index (χ3v) is 4.76. The van der Waals surface area contributed by atoms with Crippen LogP contribution in [0.5, 0.6) is 0 Å². The predicted octanol–water partition coefficient (Wildman–Crippen LogP) is 2.77. The quantitative estimate of drug-likeness (QED) is 0.340. The number of hydrogen-bond acceptors (Lipinski definition) is 5. The maximum Gasteiger partial charge on any atom is 0.317 e. The van der Waals surface area contributed by atoms with Gasteiger partial charge in [-0.05, 0) is 54.8 Å². The van der Waals surface area contributed by atoms with E-state index in [-0.39, 0.29) is 11.7 Å². The lowest BCUT2D eigenvalue weighted by Gasteiger charge is -2.16. The molecule has 0 saturated carbocycles. The molecule has 0 aliphatic rings. The summed E-state index contributed by atoms with van der Waals surface area (Å²) in [5.74, 6) is 0.566. The second-order valence-corrected chi connectivity index (χ2v) is 6.90. The molecule has 1 atom stereocenters. The summed E-state index contributed by atoms with van der Waals surface area (Å²) in [5, 5.41) is 14.4. The lowest BCUT2D eigenvalue weighted by atomic mass is 10.0. The lowest BCUT2D eigenvalue weighted by Crippen LogP contribution is -2.29. The molecule has 7 N–H and O–H groups in total. The number of amides is 2. The molecular weight excluding hydrogens is 372 g/mol.